The number of aromatic nitrogens is 1. The van der Waals surface area contributed by atoms with E-state index in [1.807, 2.05) is 36.6 Å². The highest BCUT2D eigenvalue weighted by molar-refractivity contribution is 7.09. The maximum Gasteiger partial charge on any atom is 0.245 e. The second-order valence-electron chi connectivity index (χ2n) is 5.25. The number of nitrogens with one attached hydrogen (secondary N) is 1. The molecule has 2 rings (SSSR count). The molecule has 0 saturated carbocycles. The van der Waals surface area contributed by atoms with Crippen molar-refractivity contribution >= 4 is 22.9 Å². The quantitative estimate of drug-likeness (QED) is 0.727. The number of hydrogen-bond acceptors (Lipinski definition) is 6. The topological polar surface area (TPSA) is 74.7 Å². The van der Waals surface area contributed by atoms with E-state index in [1.165, 1.54) is 11.3 Å². The van der Waals surface area contributed by atoms with Crippen LogP contribution in [0.2, 0.25) is 0 Å². The number of methoxy groups -OCH3 is 1. The summed E-state index contributed by atoms with van der Waals surface area (Å²) >= 11 is 1.50. The molecule has 1 heterocycles. The van der Waals surface area contributed by atoms with E-state index in [4.69, 9.17) is 4.74 Å². The van der Waals surface area contributed by atoms with Crippen molar-refractivity contribution in [2.45, 2.75) is 25.9 Å². The Morgan fingerprint density at radius 2 is 2.33 bits per heavy atom. The second kappa shape index (κ2) is 9.24. The molecule has 0 bridgehead atoms. The van der Waals surface area contributed by atoms with Crippen molar-refractivity contribution in [2.24, 2.45) is 0 Å². The number of rotatable bonds is 9. The lowest BCUT2D eigenvalue weighted by atomic mass is 10.1. The molecular formula is C17H23N3O3S. The van der Waals surface area contributed by atoms with Crippen molar-refractivity contribution in [1.29, 1.82) is 0 Å². The van der Waals surface area contributed by atoms with E-state index < -0.39 is 0 Å². The van der Waals surface area contributed by atoms with E-state index in [0.29, 0.717) is 13.0 Å². The van der Waals surface area contributed by atoms with E-state index in [1.54, 1.807) is 18.2 Å². The number of thiazole rings is 1. The van der Waals surface area contributed by atoms with Gasteiger partial charge in [0.05, 0.1) is 20.3 Å². The van der Waals surface area contributed by atoms with Gasteiger partial charge in [-0.05, 0) is 18.6 Å². The van der Waals surface area contributed by atoms with Gasteiger partial charge < -0.3 is 20.1 Å². The van der Waals surface area contributed by atoms with Crippen LogP contribution in [0.5, 0.6) is 5.75 Å². The zero-order valence-electron chi connectivity index (χ0n) is 13.9. The van der Waals surface area contributed by atoms with Crippen molar-refractivity contribution < 1.29 is 14.6 Å². The minimum atomic E-state index is -0.372. The van der Waals surface area contributed by atoms with Gasteiger partial charge in [0.1, 0.15) is 16.8 Å². The van der Waals surface area contributed by atoms with E-state index in [9.17, 15) is 9.90 Å². The summed E-state index contributed by atoms with van der Waals surface area (Å²) in [6, 6.07) is 7.11. The normalized spacial score (nSPS) is 11.8. The number of carbonyl (C=O) groups is 1. The van der Waals surface area contributed by atoms with Gasteiger partial charge in [0.2, 0.25) is 5.91 Å². The van der Waals surface area contributed by atoms with Gasteiger partial charge in [0, 0.05) is 29.9 Å². The molecule has 6 nitrogen and oxygen atoms in total. The predicted octanol–water partition coefficient (Wildman–Crippen LogP) is 2.36. The Kier molecular flexibility index (Phi) is 7.02. The Morgan fingerprint density at radius 3 is 2.96 bits per heavy atom. The first-order chi connectivity index (χ1) is 11.7. The van der Waals surface area contributed by atoms with Crippen LogP contribution in [0.25, 0.3) is 0 Å². The molecule has 0 aliphatic rings. The van der Waals surface area contributed by atoms with Crippen LogP contribution in [0, 0.1) is 0 Å². The smallest absolute Gasteiger partial charge is 0.245 e. The lowest BCUT2D eigenvalue weighted by Crippen LogP contribution is -2.43. The first kappa shape index (κ1) is 18.2. The van der Waals surface area contributed by atoms with Gasteiger partial charge in [-0.15, -0.1) is 11.3 Å². The number of aliphatic hydroxyl groups excluding tert-OH is 1. The third kappa shape index (κ3) is 4.94. The fraction of sp³-hybridized carbons (Fsp3) is 0.412. The fourth-order valence-electron chi connectivity index (χ4n) is 2.36. The van der Waals surface area contributed by atoms with Gasteiger partial charge in [-0.1, -0.05) is 13.0 Å². The monoisotopic (exact) mass is 349 g/mol. The van der Waals surface area contributed by atoms with Crippen LogP contribution in [0.4, 0.5) is 5.69 Å². The molecular weight excluding hydrogens is 326 g/mol. The number of aliphatic hydroxyl groups is 1. The number of hydrogen-bond donors (Lipinski definition) is 2. The molecule has 0 aliphatic carbocycles. The van der Waals surface area contributed by atoms with Crippen molar-refractivity contribution in [1.82, 2.24) is 9.88 Å². The highest BCUT2D eigenvalue weighted by Gasteiger charge is 2.23. The average Bonchev–Trinajstić information content (AvgIpc) is 3.12. The summed E-state index contributed by atoms with van der Waals surface area (Å²) in [5.41, 5.74) is 0.827. The average molecular weight is 349 g/mol. The van der Waals surface area contributed by atoms with E-state index >= 15 is 0 Å². The maximum atomic E-state index is 12.8. The Morgan fingerprint density at radius 1 is 1.50 bits per heavy atom. The number of carbonyl (C=O) groups excluding carboxylic acids is 1. The summed E-state index contributed by atoms with van der Waals surface area (Å²) in [7, 11) is 1.61. The van der Waals surface area contributed by atoms with Gasteiger partial charge in [0.15, 0.2) is 0 Å². The summed E-state index contributed by atoms with van der Waals surface area (Å²) in [5, 5.41) is 15.3. The largest absolute Gasteiger partial charge is 0.497 e. The molecule has 0 radical (unpaired) electrons. The lowest BCUT2D eigenvalue weighted by Gasteiger charge is -2.27. The van der Waals surface area contributed by atoms with E-state index in [2.05, 4.69) is 10.3 Å². The molecule has 1 amide bonds. The Labute approximate surface area is 146 Å². The van der Waals surface area contributed by atoms with Crippen molar-refractivity contribution in [3.63, 3.8) is 0 Å². The minimum absolute atomic E-state index is 0.0513. The third-order valence-corrected chi connectivity index (χ3v) is 4.37. The van der Waals surface area contributed by atoms with Gasteiger partial charge in [-0.25, -0.2) is 4.98 Å². The Balaban J connectivity index is 2.09. The van der Waals surface area contributed by atoms with Gasteiger partial charge in [-0.3, -0.25) is 4.79 Å². The van der Waals surface area contributed by atoms with Crippen molar-refractivity contribution in [3.8, 4) is 5.75 Å². The SMILES string of the molecule is CCC(Nc1cccc(OC)c1)C(=O)N(CCO)Cc1nccs1. The molecule has 0 saturated heterocycles. The summed E-state index contributed by atoms with van der Waals surface area (Å²) in [6.45, 7) is 2.57. The van der Waals surface area contributed by atoms with Crippen LogP contribution in [-0.2, 0) is 11.3 Å². The van der Waals surface area contributed by atoms with Gasteiger partial charge >= 0.3 is 0 Å². The fourth-order valence-corrected chi connectivity index (χ4v) is 2.99. The van der Waals surface area contributed by atoms with Crippen molar-refractivity contribution in [2.75, 3.05) is 25.6 Å². The maximum absolute atomic E-state index is 12.8. The molecule has 1 aromatic carbocycles. The second-order valence-corrected chi connectivity index (χ2v) is 6.23. The third-order valence-electron chi connectivity index (χ3n) is 3.61. The first-order valence-electron chi connectivity index (χ1n) is 7.86. The summed E-state index contributed by atoms with van der Waals surface area (Å²) < 4.78 is 5.21. The summed E-state index contributed by atoms with van der Waals surface area (Å²) in [5.74, 6) is 0.682. The van der Waals surface area contributed by atoms with Crippen LogP contribution >= 0.6 is 11.3 Å². The Hall–Kier alpha value is -2.12. The van der Waals surface area contributed by atoms with Crippen LogP contribution in [-0.4, -0.2) is 47.2 Å². The number of anilines is 1. The van der Waals surface area contributed by atoms with Crippen LogP contribution in [0.3, 0.4) is 0 Å². The number of ether oxygens (including phenoxy) is 1. The van der Waals surface area contributed by atoms with Gasteiger partial charge in [0.25, 0.3) is 0 Å². The molecule has 130 valence electrons. The van der Waals surface area contributed by atoms with Crippen LogP contribution in [0.1, 0.15) is 18.4 Å². The van der Waals surface area contributed by atoms with Gasteiger partial charge in [-0.2, -0.15) is 0 Å². The van der Waals surface area contributed by atoms with E-state index in [0.717, 1.165) is 16.4 Å². The molecule has 0 spiro atoms. The lowest BCUT2D eigenvalue weighted by molar-refractivity contribution is -0.133. The molecule has 1 atom stereocenters. The summed E-state index contributed by atoms with van der Waals surface area (Å²) in [4.78, 5) is 18.7. The molecule has 1 unspecified atom stereocenters. The molecule has 2 aromatic rings. The molecule has 1 aromatic heterocycles. The summed E-state index contributed by atoms with van der Waals surface area (Å²) in [6.07, 6.45) is 2.35. The van der Waals surface area contributed by atoms with Crippen molar-refractivity contribution in [3.05, 3.63) is 40.8 Å². The molecule has 0 aliphatic heterocycles. The van der Waals surface area contributed by atoms with Crippen LogP contribution < -0.4 is 10.1 Å². The molecule has 0 fully saturated rings. The molecule has 2 N–H and O–H groups in total. The number of nitrogens with zero attached hydrogens (tertiary/aromatic N) is 2. The van der Waals surface area contributed by atoms with E-state index in [-0.39, 0.29) is 25.1 Å². The molecule has 24 heavy (non-hydrogen) atoms. The highest BCUT2D eigenvalue weighted by atomic mass is 32.1. The first-order valence-corrected chi connectivity index (χ1v) is 8.74. The zero-order valence-corrected chi connectivity index (χ0v) is 14.8. The highest BCUT2D eigenvalue weighted by Crippen LogP contribution is 2.19. The zero-order chi connectivity index (χ0) is 17.4. The minimum Gasteiger partial charge on any atom is -0.497 e. The molecule has 7 heteroatoms. The number of benzene rings is 1. The predicted molar refractivity (Wildman–Crippen MR) is 95.3 cm³/mol. The van der Waals surface area contributed by atoms with Crippen LogP contribution in [0.15, 0.2) is 35.8 Å². The number of amides is 1. The standard InChI is InChI=1S/C17H23N3O3S/c1-3-15(19-13-5-4-6-14(11-13)23-2)17(22)20(8-9-21)12-16-18-7-10-24-16/h4-7,10-11,15,19,21H,3,8-9,12H2,1-2H3. The Bertz CT molecular complexity index is 634.